The highest BCUT2D eigenvalue weighted by molar-refractivity contribution is 5.78. The van der Waals surface area contributed by atoms with Gasteiger partial charge in [0.2, 0.25) is 5.91 Å². The maximum atomic E-state index is 11.7. The summed E-state index contributed by atoms with van der Waals surface area (Å²) in [5.74, 6) is 0.443. The summed E-state index contributed by atoms with van der Waals surface area (Å²) < 4.78 is 0. The summed E-state index contributed by atoms with van der Waals surface area (Å²) in [5.41, 5.74) is 0. The van der Waals surface area contributed by atoms with E-state index in [-0.39, 0.29) is 5.92 Å². The zero-order chi connectivity index (χ0) is 9.84. The molecule has 0 atom stereocenters. The Bertz CT molecular complexity index is 171. The lowest BCUT2D eigenvalue weighted by atomic mass is 9.94. The number of hydrogen-bond donors (Lipinski definition) is 0. The van der Waals surface area contributed by atoms with E-state index in [1.807, 2.05) is 25.8 Å². The Hall–Kier alpha value is -0.530. The smallest absolute Gasteiger partial charge is 0.225 e. The van der Waals surface area contributed by atoms with E-state index in [9.17, 15) is 4.79 Å². The second-order valence-electron chi connectivity index (χ2n) is 4.40. The van der Waals surface area contributed by atoms with Gasteiger partial charge in [0.15, 0.2) is 0 Å². The Balaban J connectivity index is 2.45. The van der Waals surface area contributed by atoms with Crippen LogP contribution in [-0.2, 0) is 4.79 Å². The first kappa shape index (κ1) is 10.6. The fraction of sp³-hybridized carbons (Fsp3) is 0.909. The summed E-state index contributed by atoms with van der Waals surface area (Å²) in [6.07, 6.45) is 6.34. The predicted octanol–water partition coefficient (Wildman–Crippen LogP) is 2.43. The van der Waals surface area contributed by atoms with Gasteiger partial charge in [0.05, 0.1) is 0 Å². The van der Waals surface area contributed by atoms with Crippen molar-refractivity contribution in [2.75, 3.05) is 7.05 Å². The Kier molecular flexibility index (Phi) is 3.76. The number of rotatable bonds is 2. The van der Waals surface area contributed by atoms with Crippen LogP contribution < -0.4 is 0 Å². The van der Waals surface area contributed by atoms with Crippen LogP contribution >= 0.6 is 0 Å². The van der Waals surface area contributed by atoms with Gasteiger partial charge in [-0.25, -0.2) is 0 Å². The Morgan fingerprint density at radius 2 is 1.77 bits per heavy atom. The van der Waals surface area contributed by atoms with Crippen LogP contribution in [0.15, 0.2) is 0 Å². The van der Waals surface area contributed by atoms with Crippen molar-refractivity contribution in [1.82, 2.24) is 4.90 Å². The van der Waals surface area contributed by atoms with E-state index < -0.39 is 0 Å². The van der Waals surface area contributed by atoms with Gasteiger partial charge in [0.25, 0.3) is 0 Å². The number of amides is 1. The molecule has 2 nitrogen and oxygen atoms in total. The number of hydrogen-bond acceptors (Lipinski definition) is 1. The first-order valence-corrected chi connectivity index (χ1v) is 5.39. The molecule has 1 aliphatic carbocycles. The summed E-state index contributed by atoms with van der Waals surface area (Å²) in [6.45, 7) is 3.95. The van der Waals surface area contributed by atoms with Crippen molar-refractivity contribution < 1.29 is 4.79 Å². The van der Waals surface area contributed by atoms with Gasteiger partial charge in [-0.2, -0.15) is 0 Å². The van der Waals surface area contributed by atoms with Gasteiger partial charge in [-0.1, -0.05) is 33.1 Å². The van der Waals surface area contributed by atoms with Crippen LogP contribution in [0.4, 0.5) is 0 Å². The van der Waals surface area contributed by atoms with Crippen molar-refractivity contribution in [2.45, 2.75) is 52.0 Å². The zero-order valence-corrected chi connectivity index (χ0v) is 9.05. The predicted molar refractivity (Wildman–Crippen MR) is 54.5 cm³/mol. The van der Waals surface area contributed by atoms with Crippen molar-refractivity contribution in [2.24, 2.45) is 5.92 Å². The van der Waals surface area contributed by atoms with Gasteiger partial charge in [-0.05, 0) is 12.8 Å². The van der Waals surface area contributed by atoms with E-state index in [4.69, 9.17) is 0 Å². The van der Waals surface area contributed by atoms with Gasteiger partial charge in [0.1, 0.15) is 0 Å². The topological polar surface area (TPSA) is 20.3 Å². The molecule has 0 unspecified atom stereocenters. The molecule has 0 saturated heterocycles. The van der Waals surface area contributed by atoms with Crippen molar-refractivity contribution in [1.29, 1.82) is 0 Å². The molecule has 76 valence electrons. The number of carbonyl (C=O) groups is 1. The van der Waals surface area contributed by atoms with Gasteiger partial charge >= 0.3 is 0 Å². The standard InChI is InChI=1S/C11H21NO/c1-9(2)11(13)12(3)10-7-5-4-6-8-10/h9-10H,4-8H2,1-3H3. The molecule has 2 heteroatoms. The van der Waals surface area contributed by atoms with Crippen LogP contribution in [0.1, 0.15) is 46.0 Å². The van der Waals surface area contributed by atoms with Crippen molar-refractivity contribution >= 4 is 5.91 Å². The van der Waals surface area contributed by atoms with E-state index in [0.717, 1.165) is 0 Å². The maximum Gasteiger partial charge on any atom is 0.225 e. The fourth-order valence-corrected chi connectivity index (χ4v) is 2.06. The summed E-state index contributed by atoms with van der Waals surface area (Å²) in [4.78, 5) is 13.6. The highest BCUT2D eigenvalue weighted by Crippen LogP contribution is 2.22. The van der Waals surface area contributed by atoms with E-state index in [1.54, 1.807) is 0 Å². The average Bonchev–Trinajstić information content (AvgIpc) is 2.17. The first-order valence-electron chi connectivity index (χ1n) is 5.39. The monoisotopic (exact) mass is 183 g/mol. The largest absolute Gasteiger partial charge is 0.343 e. The third-order valence-corrected chi connectivity index (χ3v) is 2.96. The number of nitrogens with zero attached hydrogens (tertiary/aromatic N) is 1. The molecule has 0 spiro atoms. The molecule has 1 amide bonds. The average molecular weight is 183 g/mol. The SMILES string of the molecule is CC(C)C(=O)N(C)C1CCCCC1. The highest BCUT2D eigenvalue weighted by Gasteiger charge is 2.23. The minimum atomic E-state index is 0.145. The molecular weight excluding hydrogens is 162 g/mol. The van der Waals surface area contributed by atoms with E-state index in [0.29, 0.717) is 11.9 Å². The normalized spacial score (nSPS) is 19.1. The summed E-state index contributed by atoms with van der Waals surface area (Å²) in [5, 5.41) is 0. The summed E-state index contributed by atoms with van der Waals surface area (Å²) in [6, 6.07) is 0.517. The van der Waals surface area contributed by atoms with E-state index in [2.05, 4.69) is 0 Å². The molecule has 0 radical (unpaired) electrons. The second-order valence-corrected chi connectivity index (χ2v) is 4.40. The molecule has 1 fully saturated rings. The van der Waals surface area contributed by atoms with Crippen LogP contribution in [0.5, 0.6) is 0 Å². The molecule has 1 saturated carbocycles. The Morgan fingerprint density at radius 3 is 2.23 bits per heavy atom. The Labute approximate surface area is 81.3 Å². The molecule has 0 heterocycles. The van der Waals surface area contributed by atoms with Gasteiger partial charge < -0.3 is 4.90 Å². The third-order valence-electron chi connectivity index (χ3n) is 2.96. The third kappa shape index (κ3) is 2.71. The minimum Gasteiger partial charge on any atom is -0.343 e. The van der Waals surface area contributed by atoms with Crippen LogP contribution in [-0.4, -0.2) is 23.9 Å². The lowest BCUT2D eigenvalue weighted by Crippen LogP contribution is -2.40. The second kappa shape index (κ2) is 4.64. The van der Waals surface area contributed by atoms with Crippen LogP contribution in [0.3, 0.4) is 0 Å². The van der Waals surface area contributed by atoms with Crippen molar-refractivity contribution in [3.8, 4) is 0 Å². The zero-order valence-electron chi connectivity index (χ0n) is 9.05. The highest BCUT2D eigenvalue weighted by atomic mass is 16.2. The molecule has 1 aliphatic rings. The fourth-order valence-electron chi connectivity index (χ4n) is 2.06. The molecule has 13 heavy (non-hydrogen) atoms. The van der Waals surface area contributed by atoms with E-state index >= 15 is 0 Å². The summed E-state index contributed by atoms with van der Waals surface area (Å²) in [7, 11) is 1.96. The quantitative estimate of drug-likeness (QED) is 0.644. The molecule has 0 aromatic rings. The molecule has 0 aliphatic heterocycles. The van der Waals surface area contributed by atoms with E-state index in [1.165, 1.54) is 32.1 Å². The van der Waals surface area contributed by atoms with Gasteiger partial charge in [-0.15, -0.1) is 0 Å². The van der Waals surface area contributed by atoms with Crippen molar-refractivity contribution in [3.63, 3.8) is 0 Å². The Morgan fingerprint density at radius 1 is 1.23 bits per heavy atom. The molecule has 0 aromatic carbocycles. The minimum absolute atomic E-state index is 0.145. The van der Waals surface area contributed by atoms with Crippen LogP contribution in [0.2, 0.25) is 0 Å². The molecule has 0 N–H and O–H groups in total. The molecule has 0 aromatic heterocycles. The van der Waals surface area contributed by atoms with Crippen molar-refractivity contribution in [3.05, 3.63) is 0 Å². The van der Waals surface area contributed by atoms with Gasteiger partial charge in [-0.3, -0.25) is 4.79 Å². The number of carbonyl (C=O) groups excluding carboxylic acids is 1. The van der Waals surface area contributed by atoms with Crippen LogP contribution in [0.25, 0.3) is 0 Å². The molecule has 0 bridgehead atoms. The lowest BCUT2D eigenvalue weighted by Gasteiger charge is -2.32. The molecule has 1 rings (SSSR count). The maximum absolute atomic E-state index is 11.7. The first-order chi connectivity index (χ1) is 6.13. The molecular formula is C11H21NO. The van der Waals surface area contributed by atoms with Crippen LogP contribution in [0, 0.1) is 5.92 Å². The van der Waals surface area contributed by atoms with Gasteiger partial charge in [0, 0.05) is 19.0 Å². The lowest BCUT2D eigenvalue weighted by molar-refractivity contribution is -0.135. The summed E-state index contributed by atoms with van der Waals surface area (Å²) >= 11 is 0.